The lowest BCUT2D eigenvalue weighted by Crippen LogP contribution is -2.32. The van der Waals surface area contributed by atoms with Crippen LogP contribution in [0.2, 0.25) is 0 Å². The fourth-order valence-electron chi connectivity index (χ4n) is 2.94. The average molecular weight is 392 g/mol. The van der Waals surface area contributed by atoms with Crippen molar-refractivity contribution in [2.24, 2.45) is 0 Å². The number of benzene rings is 2. The number of halogens is 1. The molecule has 1 aliphatic rings. The largest absolute Gasteiger partial charge is 0.497 e. The molecule has 0 aromatic heterocycles. The van der Waals surface area contributed by atoms with E-state index < -0.39 is 12.3 Å². The normalized spacial score (nSPS) is 19.0. The van der Waals surface area contributed by atoms with Gasteiger partial charge in [-0.05, 0) is 17.7 Å². The predicted molar refractivity (Wildman–Crippen MR) is 101 cm³/mol. The Morgan fingerprint density at radius 1 is 1.19 bits per heavy atom. The zero-order valence-corrected chi connectivity index (χ0v) is 16.0. The number of rotatable bonds is 6. The van der Waals surface area contributed by atoms with Crippen molar-refractivity contribution in [1.29, 1.82) is 0 Å². The van der Waals surface area contributed by atoms with Gasteiger partial charge in [-0.15, -0.1) is 11.6 Å². The fraction of sp³-hybridized carbons (Fsp3) is 0.350. The minimum absolute atomic E-state index is 0.189. The van der Waals surface area contributed by atoms with Gasteiger partial charge in [0.1, 0.15) is 18.1 Å². The average Bonchev–Trinajstić information content (AvgIpc) is 3.16. The van der Waals surface area contributed by atoms with Crippen LogP contribution in [-0.4, -0.2) is 43.7 Å². The third-order valence-corrected chi connectivity index (χ3v) is 4.67. The van der Waals surface area contributed by atoms with Crippen LogP contribution in [0.3, 0.4) is 0 Å². The van der Waals surface area contributed by atoms with E-state index in [2.05, 4.69) is 0 Å². The second-order valence-electron chi connectivity index (χ2n) is 6.07. The van der Waals surface area contributed by atoms with E-state index in [-0.39, 0.29) is 18.6 Å². The van der Waals surface area contributed by atoms with Crippen LogP contribution in [0.4, 0.5) is 4.79 Å². The van der Waals surface area contributed by atoms with Gasteiger partial charge in [0.25, 0.3) is 0 Å². The van der Waals surface area contributed by atoms with E-state index in [9.17, 15) is 4.79 Å². The molecule has 0 spiro atoms. The Morgan fingerprint density at radius 2 is 1.96 bits per heavy atom. The molecule has 144 valence electrons. The SMILES string of the molecule is COc1ccc(C2OC(CCl)CN2C(=O)OCc2ccccc2)c(OC)c1. The number of ether oxygens (including phenoxy) is 4. The second kappa shape index (κ2) is 8.97. The Balaban J connectivity index is 1.79. The standard InChI is InChI=1S/C20H22ClNO5/c1-24-15-8-9-17(18(10-15)25-2)19-22(12-16(11-21)27-19)20(23)26-13-14-6-4-3-5-7-14/h3-10,16,19H,11-13H2,1-2H3. The number of hydrogen-bond acceptors (Lipinski definition) is 5. The molecule has 1 heterocycles. The van der Waals surface area contributed by atoms with Crippen LogP contribution >= 0.6 is 11.6 Å². The van der Waals surface area contributed by atoms with E-state index in [1.54, 1.807) is 26.4 Å². The first-order valence-corrected chi connectivity index (χ1v) is 9.10. The summed E-state index contributed by atoms with van der Waals surface area (Å²) in [7, 11) is 3.14. The predicted octanol–water partition coefficient (Wildman–Crippen LogP) is 3.98. The number of hydrogen-bond donors (Lipinski definition) is 0. The number of amides is 1. The third kappa shape index (κ3) is 4.46. The molecule has 6 nitrogen and oxygen atoms in total. The van der Waals surface area contributed by atoms with Gasteiger partial charge in [-0.25, -0.2) is 4.79 Å². The number of carbonyl (C=O) groups is 1. The van der Waals surface area contributed by atoms with E-state index in [0.717, 1.165) is 5.56 Å². The smallest absolute Gasteiger partial charge is 0.412 e. The van der Waals surface area contributed by atoms with E-state index in [0.29, 0.717) is 23.6 Å². The van der Waals surface area contributed by atoms with Crippen molar-refractivity contribution in [2.45, 2.75) is 18.9 Å². The highest BCUT2D eigenvalue weighted by molar-refractivity contribution is 6.18. The highest BCUT2D eigenvalue weighted by Gasteiger charge is 2.39. The van der Waals surface area contributed by atoms with Crippen LogP contribution in [0.25, 0.3) is 0 Å². The molecule has 1 saturated heterocycles. The molecule has 2 aromatic carbocycles. The first-order valence-electron chi connectivity index (χ1n) is 8.57. The molecule has 1 amide bonds. The molecular weight excluding hydrogens is 370 g/mol. The van der Waals surface area contributed by atoms with Crippen LogP contribution in [0, 0.1) is 0 Å². The summed E-state index contributed by atoms with van der Waals surface area (Å²) in [6.07, 6.45) is -1.39. The summed E-state index contributed by atoms with van der Waals surface area (Å²) in [6, 6.07) is 14.9. The molecule has 1 aliphatic heterocycles. The molecule has 0 N–H and O–H groups in total. The summed E-state index contributed by atoms with van der Waals surface area (Å²) in [5.41, 5.74) is 1.63. The van der Waals surface area contributed by atoms with Gasteiger partial charge in [0.15, 0.2) is 6.23 Å². The Labute approximate surface area is 163 Å². The van der Waals surface area contributed by atoms with Crippen molar-refractivity contribution in [2.75, 3.05) is 26.6 Å². The second-order valence-corrected chi connectivity index (χ2v) is 6.37. The van der Waals surface area contributed by atoms with Crippen molar-refractivity contribution >= 4 is 17.7 Å². The Hall–Kier alpha value is -2.44. The molecule has 2 atom stereocenters. The van der Waals surface area contributed by atoms with Gasteiger partial charge in [-0.2, -0.15) is 0 Å². The Kier molecular flexibility index (Phi) is 6.42. The van der Waals surface area contributed by atoms with E-state index >= 15 is 0 Å². The van der Waals surface area contributed by atoms with Crippen LogP contribution in [-0.2, 0) is 16.1 Å². The number of nitrogens with zero attached hydrogens (tertiary/aromatic N) is 1. The molecule has 0 bridgehead atoms. The lowest BCUT2D eigenvalue weighted by Gasteiger charge is -2.24. The van der Waals surface area contributed by atoms with Crippen molar-refractivity contribution in [3.05, 3.63) is 59.7 Å². The maximum atomic E-state index is 12.7. The molecular formula is C20H22ClNO5. The van der Waals surface area contributed by atoms with Crippen LogP contribution in [0.15, 0.2) is 48.5 Å². The zero-order valence-electron chi connectivity index (χ0n) is 15.3. The van der Waals surface area contributed by atoms with Crippen LogP contribution in [0.1, 0.15) is 17.4 Å². The van der Waals surface area contributed by atoms with E-state index in [4.69, 9.17) is 30.5 Å². The van der Waals surface area contributed by atoms with Crippen molar-refractivity contribution in [3.63, 3.8) is 0 Å². The molecule has 2 unspecified atom stereocenters. The molecule has 0 saturated carbocycles. The monoisotopic (exact) mass is 391 g/mol. The first-order chi connectivity index (χ1) is 13.2. The minimum atomic E-state index is -0.641. The van der Waals surface area contributed by atoms with E-state index in [1.165, 1.54) is 4.90 Å². The maximum Gasteiger partial charge on any atom is 0.412 e. The van der Waals surface area contributed by atoms with Gasteiger partial charge >= 0.3 is 6.09 Å². The van der Waals surface area contributed by atoms with Crippen LogP contribution in [0.5, 0.6) is 11.5 Å². The Morgan fingerprint density at radius 3 is 2.63 bits per heavy atom. The van der Waals surface area contributed by atoms with Gasteiger partial charge in [0, 0.05) is 11.6 Å². The molecule has 0 aliphatic carbocycles. The quantitative estimate of drug-likeness (QED) is 0.697. The summed E-state index contributed by atoms with van der Waals surface area (Å²) >= 11 is 5.97. The van der Waals surface area contributed by atoms with Gasteiger partial charge in [0.2, 0.25) is 0 Å². The highest BCUT2D eigenvalue weighted by Crippen LogP contribution is 2.38. The van der Waals surface area contributed by atoms with Gasteiger partial charge in [-0.3, -0.25) is 4.90 Å². The van der Waals surface area contributed by atoms with Crippen LogP contribution < -0.4 is 9.47 Å². The van der Waals surface area contributed by atoms with Gasteiger partial charge in [0.05, 0.1) is 32.7 Å². The third-order valence-electron chi connectivity index (χ3n) is 4.32. The van der Waals surface area contributed by atoms with E-state index in [1.807, 2.05) is 36.4 Å². The Bertz CT molecular complexity index is 770. The minimum Gasteiger partial charge on any atom is -0.497 e. The molecule has 0 radical (unpaired) electrons. The molecule has 1 fully saturated rings. The van der Waals surface area contributed by atoms with Crippen molar-refractivity contribution in [3.8, 4) is 11.5 Å². The summed E-state index contributed by atoms with van der Waals surface area (Å²) in [5, 5.41) is 0. The summed E-state index contributed by atoms with van der Waals surface area (Å²) < 4.78 is 22.1. The summed E-state index contributed by atoms with van der Waals surface area (Å²) in [4.78, 5) is 14.2. The fourth-order valence-corrected chi connectivity index (χ4v) is 3.11. The lowest BCUT2D eigenvalue weighted by atomic mass is 10.1. The summed E-state index contributed by atoms with van der Waals surface area (Å²) in [6.45, 7) is 0.533. The highest BCUT2D eigenvalue weighted by atomic mass is 35.5. The number of methoxy groups -OCH3 is 2. The van der Waals surface area contributed by atoms with Crippen molar-refractivity contribution in [1.82, 2.24) is 4.90 Å². The zero-order chi connectivity index (χ0) is 19.2. The maximum absolute atomic E-state index is 12.7. The molecule has 7 heteroatoms. The molecule has 27 heavy (non-hydrogen) atoms. The molecule has 2 aromatic rings. The number of alkyl halides is 1. The summed E-state index contributed by atoms with van der Waals surface area (Å²) in [5.74, 6) is 1.49. The molecule has 3 rings (SSSR count). The number of carbonyl (C=O) groups excluding carboxylic acids is 1. The first kappa shape index (κ1) is 19.3. The topological polar surface area (TPSA) is 57.2 Å². The van der Waals surface area contributed by atoms with Gasteiger partial charge in [-0.1, -0.05) is 30.3 Å². The lowest BCUT2D eigenvalue weighted by molar-refractivity contribution is 0.000239. The van der Waals surface area contributed by atoms with Gasteiger partial charge < -0.3 is 18.9 Å². The van der Waals surface area contributed by atoms with Crippen molar-refractivity contribution < 1.29 is 23.7 Å².